The van der Waals surface area contributed by atoms with Crippen LogP contribution in [0, 0.1) is 5.92 Å². The highest BCUT2D eigenvalue weighted by molar-refractivity contribution is 5.83. The van der Waals surface area contributed by atoms with Gasteiger partial charge in [-0.15, -0.1) is 0 Å². The summed E-state index contributed by atoms with van der Waals surface area (Å²) in [6, 6.07) is 1.81. The van der Waals surface area contributed by atoms with Crippen LogP contribution in [0.4, 0.5) is 0 Å². The number of nitrogens with zero attached hydrogens (tertiary/aromatic N) is 2. The Bertz CT molecular complexity index is 304. The van der Waals surface area contributed by atoms with Crippen molar-refractivity contribution in [3.63, 3.8) is 0 Å². The van der Waals surface area contributed by atoms with E-state index < -0.39 is 0 Å². The summed E-state index contributed by atoms with van der Waals surface area (Å²) in [6.45, 7) is 0. The van der Waals surface area contributed by atoms with Crippen molar-refractivity contribution in [3.05, 3.63) is 24.3 Å². The van der Waals surface area contributed by atoms with Gasteiger partial charge in [0.2, 0.25) is 0 Å². The minimum atomic E-state index is 0.296. The van der Waals surface area contributed by atoms with Gasteiger partial charge in [0, 0.05) is 18.5 Å². The minimum absolute atomic E-state index is 0.296. The maximum absolute atomic E-state index is 11.8. The maximum Gasteiger partial charge on any atom is 0.141 e. The highest BCUT2D eigenvalue weighted by atomic mass is 16.1. The second-order valence-electron chi connectivity index (χ2n) is 3.83. The smallest absolute Gasteiger partial charge is 0.141 e. The van der Waals surface area contributed by atoms with Crippen molar-refractivity contribution in [3.8, 4) is 0 Å². The van der Waals surface area contributed by atoms with Crippen LogP contribution in [-0.4, -0.2) is 15.8 Å². The monoisotopic (exact) mass is 190 g/mol. The van der Waals surface area contributed by atoms with Crippen LogP contribution in [-0.2, 0) is 11.2 Å². The van der Waals surface area contributed by atoms with Gasteiger partial charge in [0.05, 0.1) is 5.69 Å². The summed E-state index contributed by atoms with van der Waals surface area (Å²) in [5, 5.41) is 0. The molecule has 0 amide bonds. The summed E-state index contributed by atoms with van der Waals surface area (Å²) in [4.78, 5) is 19.6. The van der Waals surface area contributed by atoms with Crippen LogP contribution in [0.15, 0.2) is 18.6 Å². The lowest BCUT2D eigenvalue weighted by molar-refractivity contribution is -0.122. The number of hydrogen-bond donors (Lipinski definition) is 0. The molecule has 1 aliphatic rings. The summed E-state index contributed by atoms with van der Waals surface area (Å²) in [5.74, 6) is 0.645. The largest absolute Gasteiger partial charge is 0.299 e. The Hall–Kier alpha value is -1.25. The lowest BCUT2D eigenvalue weighted by atomic mass is 9.99. The lowest BCUT2D eigenvalue weighted by Crippen LogP contribution is -2.14. The summed E-state index contributed by atoms with van der Waals surface area (Å²) < 4.78 is 0. The van der Waals surface area contributed by atoms with Gasteiger partial charge in [-0.3, -0.25) is 4.79 Å². The van der Waals surface area contributed by atoms with Gasteiger partial charge in [-0.25, -0.2) is 9.97 Å². The number of hydrogen-bond acceptors (Lipinski definition) is 3. The van der Waals surface area contributed by atoms with Gasteiger partial charge in [0.15, 0.2) is 0 Å². The molecule has 0 atom stereocenters. The van der Waals surface area contributed by atoms with Crippen LogP contribution >= 0.6 is 0 Å². The third-order valence-corrected chi connectivity index (χ3v) is 2.81. The van der Waals surface area contributed by atoms with E-state index in [9.17, 15) is 4.79 Å². The Morgan fingerprint density at radius 3 is 2.86 bits per heavy atom. The molecule has 0 aromatic carbocycles. The zero-order valence-electron chi connectivity index (χ0n) is 8.15. The SMILES string of the molecule is O=C(Cc1ccncn1)C1CCCC1. The van der Waals surface area contributed by atoms with E-state index in [-0.39, 0.29) is 0 Å². The number of carbonyl (C=O) groups excluding carboxylic acids is 1. The summed E-state index contributed by atoms with van der Waals surface area (Å²) in [6.07, 6.45) is 8.23. The standard InChI is InChI=1S/C11H14N2O/c14-11(9-3-1-2-4-9)7-10-5-6-12-8-13-10/h5-6,8-9H,1-4,7H2. The molecule has 1 aromatic heterocycles. The molecule has 0 saturated heterocycles. The third-order valence-electron chi connectivity index (χ3n) is 2.81. The van der Waals surface area contributed by atoms with Crippen molar-refractivity contribution in [1.29, 1.82) is 0 Å². The Kier molecular flexibility index (Phi) is 2.87. The van der Waals surface area contributed by atoms with Crippen LogP contribution in [0.2, 0.25) is 0 Å². The molecular formula is C11H14N2O. The third kappa shape index (κ3) is 2.16. The van der Waals surface area contributed by atoms with Crippen LogP contribution in [0.25, 0.3) is 0 Å². The van der Waals surface area contributed by atoms with Crippen molar-refractivity contribution in [1.82, 2.24) is 9.97 Å². The van der Waals surface area contributed by atoms with E-state index in [1.807, 2.05) is 6.07 Å². The maximum atomic E-state index is 11.8. The molecule has 1 saturated carbocycles. The summed E-state index contributed by atoms with van der Waals surface area (Å²) in [7, 11) is 0. The Balaban J connectivity index is 1.94. The molecule has 1 aliphatic carbocycles. The molecule has 0 N–H and O–H groups in total. The Morgan fingerprint density at radius 1 is 1.43 bits per heavy atom. The molecule has 3 heteroatoms. The first-order valence-corrected chi connectivity index (χ1v) is 5.14. The van der Waals surface area contributed by atoms with Crippen molar-refractivity contribution < 1.29 is 4.79 Å². The molecule has 0 bridgehead atoms. The van der Waals surface area contributed by atoms with Crippen molar-refractivity contribution in [2.24, 2.45) is 5.92 Å². The molecule has 2 rings (SSSR count). The van der Waals surface area contributed by atoms with Crippen molar-refractivity contribution in [2.75, 3.05) is 0 Å². The molecule has 0 unspecified atom stereocenters. The van der Waals surface area contributed by atoms with E-state index in [2.05, 4.69) is 9.97 Å². The molecule has 0 spiro atoms. The van der Waals surface area contributed by atoms with Gasteiger partial charge >= 0.3 is 0 Å². The zero-order chi connectivity index (χ0) is 9.80. The molecule has 3 nitrogen and oxygen atoms in total. The topological polar surface area (TPSA) is 42.9 Å². The molecule has 0 radical (unpaired) electrons. The highest BCUT2D eigenvalue weighted by Crippen LogP contribution is 2.26. The molecule has 74 valence electrons. The number of rotatable bonds is 3. The molecular weight excluding hydrogens is 176 g/mol. The molecule has 0 aliphatic heterocycles. The fourth-order valence-corrected chi connectivity index (χ4v) is 1.99. The fraction of sp³-hybridized carbons (Fsp3) is 0.545. The van der Waals surface area contributed by atoms with Gasteiger partial charge in [0.1, 0.15) is 12.1 Å². The van der Waals surface area contributed by atoms with Crippen LogP contribution in [0.1, 0.15) is 31.4 Å². The second kappa shape index (κ2) is 4.31. The normalized spacial score (nSPS) is 17.1. The fourth-order valence-electron chi connectivity index (χ4n) is 1.99. The zero-order valence-corrected chi connectivity index (χ0v) is 8.15. The first-order chi connectivity index (χ1) is 6.86. The molecule has 14 heavy (non-hydrogen) atoms. The van der Waals surface area contributed by atoms with E-state index in [0.29, 0.717) is 18.1 Å². The lowest BCUT2D eigenvalue weighted by Gasteiger charge is -2.06. The minimum Gasteiger partial charge on any atom is -0.299 e. The number of ketones is 1. The van der Waals surface area contributed by atoms with Gasteiger partial charge in [0.25, 0.3) is 0 Å². The number of Topliss-reactive ketones (excluding diaryl/α,β-unsaturated/α-hetero) is 1. The van der Waals surface area contributed by atoms with E-state index >= 15 is 0 Å². The van der Waals surface area contributed by atoms with Crippen LogP contribution in [0.3, 0.4) is 0 Å². The summed E-state index contributed by atoms with van der Waals surface area (Å²) in [5.41, 5.74) is 0.844. The van der Waals surface area contributed by atoms with E-state index in [4.69, 9.17) is 0 Å². The average molecular weight is 190 g/mol. The van der Waals surface area contributed by atoms with E-state index in [0.717, 1.165) is 18.5 Å². The van der Waals surface area contributed by atoms with Gasteiger partial charge in [-0.2, -0.15) is 0 Å². The van der Waals surface area contributed by atoms with Gasteiger partial charge in [-0.1, -0.05) is 12.8 Å². The summed E-state index contributed by atoms with van der Waals surface area (Å²) >= 11 is 0. The Morgan fingerprint density at radius 2 is 2.21 bits per heavy atom. The van der Waals surface area contributed by atoms with Crippen LogP contribution in [0.5, 0.6) is 0 Å². The van der Waals surface area contributed by atoms with Crippen molar-refractivity contribution in [2.45, 2.75) is 32.1 Å². The van der Waals surface area contributed by atoms with Crippen molar-refractivity contribution >= 4 is 5.78 Å². The second-order valence-corrected chi connectivity index (χ2v) is 3.83. The quantitative estimate of drug-likeness (QED) is 0.729. The van der Waals surface area contributed by atoms with Gasteiger partial charge in [-0.05, 0) is 18.9 Å². The number of carbonyl (C=O) groups is 1. The Labute approximate surface area is 83.6 Å². The average Bonchev–Trinajstić information content (AvgIpc) is 2.72. The molecule has 1 heterocycles. The molecule has 1 aromatic rings. The predicted molar refractivity (Wildman–Crippen MR) is 52.7 cm³/mol. The van der Waals surface area contributed by atoms with E-state index in [1.54, 1.807) is 6.20 Å². The first kappa shape index (κ1) is 9.31. The number of aromatic nitrogens is 2. The van der Waals surface area contributed by atoms with Gasteiger partial charge < -0.3 is 0 Å². The predicted octanol–water partition coefficient (Wildman–Crippen LogP) is 1.78. The van der Waals surface area contributed by atoms with E-state index in [1.165, 1.54) is 19.2 Å². The highest BCUT2D eigenvalue weighted by Gasteiger charge is 2.22. The molecule has 1 fully saturated rings. The first-order valence-electron chi connectivity index (χ1n) is 5.14. The van der Waals surface area contributed by atoms with Crippen LogP contribution < -0.4 is 0 Å².